The summed E-state index contributed by atoms with van der Waals surface area (Å²) < 4.78 is 41.8. The first kappa shape index (κ1) is 18.9. The molecule has 1 aromatic carbocycles. The third-order valence-corrected chi connectivity index (χ3v) is 5.19. The number of benzene rings is 1. The van der Waals surface area contributed by atoms with E-state index in [1.54, 1.807) is 25.4 Å². The molecular weight excluding hydrogens is 371 g/mol. The fourth-order valence-electron chi connectivity index (χ4n) is 2.48. The highest BCUT2D eigenvalue weighted by Gasteiger charge is 2.14. The van der Waals surface area contributed by atoms with Gasteiger partial charge in [0.1, 0.15) is 29.1 Å². The summed E-state index contributed by atoms with van der Waals surface area (Å²) in [5.74, 6) is 2.00. The van der Waals surface area contributed by atoms with Gasteiger partial charge in [0.2, 0.25) is 10.0 Å². The Bertz CT molecular complexity index is 1050. The summed E-state index contributed by atoms with van der Waals surface area (Å²) in [6.07, 6.45) is 3.48. The van der Waals surface area contributed by atoms with Gasteiger partial charge in [0, 0.05) is 31.5 Å². The Morgan fingerprint density at radius 2 is 1.96 bits per heavy atom. The van der Waals surface area contributed by atoms with Crippen molar-refractivity contribution in [2.75, 3.05) is 18.4 Å². The van der Waals surface area contributed by atoms with Crippen molar-refractivity contribution in [3.8, 4) is 5.82 Å². The van der Waals surface area contributed by atoms with E-state index < -0.39 is 15.8 Å². The van der Waals surface area contributed by atoms with E-state index in [0.717, 1.165) is 11.9 Å². The van der Waals surface area contributed by atoms with Gasteiger partial charge in [-0.2, -0.15) is 0 Å². The largest absolute Gasteiger partial charge is 0.369 e. The standard InChI is InChI=1S/C17H19FN6O2S/c1-12-22-16(11-17(23-12)24-9-8-19-13(24)2)20-6-7-21-27(25,26)15-5-3-4-14(18)10-15/h3-5,8-11,21H,6-7H2,1-2H3,(H,20,22,23). The maximum absolute atomic E-state index is 13.2. The van der Waals surface area contributed by atoms with Crippen LogP contribution in [0.15, 0.2) is 47.6 Å². The Hall–Kier alpha value is -2.85. The number of sulfonamides is 1. The molecule has 0 amide bonds. The molecule has 0 aliphatic carbocycles. The van der Waals surface area contributed by atoms with Crippen LogP contribution in [0.3, 0.4) is 0 Å². The van der Waals surface area contributed by atoms with Gasteiger partial charge in [-0.3, -0.25) is 4.57 Å². The van der Waals surface area contributed by atoms with Crippen molar-refractivity contribution in [1.82, 2.24) is 24.2 Å². The molecule has 8 nitrogen and oxygen atoms in total. The molecule has 0 saturated carbocycles. The molecule has 2 N–H and O–H groups in total. The van der Waals surface area contributed by atoms with E-state index in [-0.39, 0.29) is 11.4 Å². The average molecular weight is 390 g/mol. The Labute approximate surface area is 156 Å². The van der Waals surface area contributed by atoms with Gasteiger partial charge in [-0.1, -0.05) is 6.07 Å². The predicted molar refractivity (Wildman–Crippen MR) is 98.7 cm³/mol. The zero-order valence-corrected chi connectivity index (χ0v) is 15.7. The van der Waals surface area contributed by atoms with Gasteiger partial charge < -0.3 is 5.32 Å². The molecule has 142 valence electrons. The van der Waals surface area contributed by atoms with E-state index in [1.807, 2.05) is 11.5 Å². The Kier molecular flexibility index (Phi) is 5.47. The number of halogens is 1. The van der Waals surface area contributed by atoms with E-state index in [0.29, 0.717) is 24.0 Å². The summed E-state index contributed by atoms with van der Waals surface area (Å²) in [6, 6.07) is 6.61. The smallest absolute Gasteiger partial charge is 0.240 e. The second-order valence-electron chi connectivity index (χ2n) is 5.78. The summed E-state index contributed by atoms with van der Waals surface area (Å²) in [5.41, 5.74) is 0. The number of aromatic nitrogens is 4. The van der Waals surface area contributed by atoms with Crippen molar-refractivity contribution < 1.29 is 12.8 Å². The van der Waals surface area contributed by atoms with Crippen LogP contribution in [0.2, 0.25) is 0 Å². The number of aryl methyl sites for hydroxylation is 2. The van der Waals surface area contributed by atoms with Gasteiger partial charge in [0.25, 0.3) is 0 Å². The van der Waals surface area contributed by atoms with Gasteiger partial charge in [-0.25, -0.2) is 32.5 Å². The van der Waals surface area contributed by atoms with Gasteiger partial charge in [0.15, 0.2) is 0 Å². The van der Waals surface area contributed by atoms with Crippen molar-refractivity contribution in [3.63, 3.8) is 0 Å². The minimum absolute atomic E-state index is 0.112. The Morgan fingerprint density at radius 1 is 1.15 bits per heavy atom. The summed E-state index contributed by atoms with van der Waals surface area (Å²) in [4.78, 5) is 12.7. The van der Waals surface area contributed by atoms with E-state index >= 15 is 0 Å². The van der Waals surface area contributed by atoms with Crippen LogP contribution in [0.4, 0.5) is 10.2 Å². The number of nitrogens with zero attached hydrogens (tertiary/aromatic N) is 4. The molecule has 27 heavy (non-hydrogen) atoms. The number of imidazole rings is 1. The van der Waals surface area contributed by atoms with Gasteiger partial charge in [-0.15, -0.1) is 0 Å². The van der Waals surface area contributed by atoms with Crippen LogP contribution in [-0.2, 0) is 10.0 Å². The van der Waals surface area contributed by atoms with Crippen molar-refractivity contribution in [1.29, 1.82) is 0 Å². The number of hydrogen-bond donors (Lipinski definition) is 2. The molecule has 10 heteroatoms. The fourth-order valence-corrected chi connectivity index (χ4v) is 3.54. The third kappa shape index (κ3) is 4.66. The van der Waals surface area contributed by atoms with Crippen LogP contribution < -0.4 is 10.0 Å². The predicted octanol–water partition coefficient (Wildman–Crippen LogP) is 1.81. The average Bonchev–Trinajstić information content (AvgIpc) is 3.04. The highest BCUT2D eigenvalue weighted by Crippen LogP contribution is 2.13. The van der Waals surface area contributed by atoms with Crippen LogP contribution in [0.1, 0.15) is 11.6 Å². The van der Waals surface area contributed by atoms with Crippen LogP contribution in [0.5, 0.6) is 0 Å². The maximum Gasteiger partial charge on any atom is 0.240 e. The summed E-state index contributed by atoms with van der Waals surface area (Å²) >= 11 is 0. The Balaban J connectivity index is 1.63. The van der Waals surface area contributed by atoms with Crippen LogP contribution in [-0.4, -0.2) is 41.0 Å². The lowest BCUT2D eigenvalue weighted by atomic mass is 10.4. The van der Waals surface area contributed by atoms with E-state index in [2.05, 4.69) is 25.0 Å². The zero-order valence-electron chi connectivity index (χ0n) is 14.8. The van der Waals surface area contributed by atoms with E-state index in [1.165, 1.54) is 18.2 Å². The molecule has 0 aliphatic heterocycles. The topological polar surface area (TPSA) is 102 Å². The van der Waals surface area contributed by atoms with Gasteiger partial charge >= 0.3 is 0 Å². The molecule has 0 unspecified atom stereocenters. The lowest BCUT2D eigenvalue weighted by Gasteiger charge is -2.11. The highest BCUT2D eigenvalue weighted by atomic mass is 32.2. The summed E-state index contributed by atoms with van der Waals surface area (Å²) in [5, 5.41) is 3.06. The van der Waals surface area contributed by atoms with Gasteiger partial charge in [0.05, 0.1) is 4.90 Å². The van der Waals surface area contributed by atoms with Crippen molar-refractivity contribution >= 4 is 15.8 Å². The Morgan fingerprint density at radius 3 is 2.67 bits per heavy atom. The highest BCUT2D eigenvalue weighted by molar-refractivity contribution is 7.89. The molecule has 3 aromatic rings. The number of anilines is 1. The number of rotatable bonds is 7. The summed E-state index contributed by atoms with van der Waals surface area (Å²) in [7, 11) is -3.77. The molecule has 2 aromatic heterocycles. The van der Waals surface area contributed by atoms with Crippen LogP contribution in [0, 0.1) is 19.7 Å². The SMILES string of the molecule is Cc1nc(NCCNS(=O)(=O)c2cccc(F)c2)cc(-n2ccnc2C)n1. The molecule has 2 heterocycles. The zero-order chi connectivity index (χ0) is 19.4. The van der Waals surface area contributed by atoms with Crippen LogP contribution >= 0.6 is 0 Å². The van der Waals surface area contributed by atoms with E-state index in [9.17, 15) is 12.8 Å². The van der Waals surface area contributed by atoms with Gasteiger partial charge in [-0.05, 0) is 32.0 Å². The fraction of sp³-hybridized carbons (Fsp3) is 0.235. The lowest BCUT2D eigenvalue weighted by molar-refractivity contribution is 0.579. The number of nitrogens with one attached hydrogen (secondary N) is 2. The molecule has 0 radical (unpaired) electrons. The van der Waals surface area contributed by atoms with Crippen LogP contribution in [0.25, 0.3) is 5.82 Å². The molecule has 3 rings (SSSR count). The van der Waals surface area contributed by atoms with E-state index in [4.69, 9.17) is 0 Å². The first-order valence-corrected chi connectivity index (χ1v) is 9.68. The molecule has 0 aliphatic rings. The molecule has 0 atom stereocenters. The summed E-state index contributed by atoms with van der Waals surface area (Å²) in [6.45, 7) is 4.05. The normalized spacial score (nSPS) is 11.5. The molecule has 0 fully saturated rings. The first-order chi connectivity index (χ1) is 12.8. The second kappa shape index (κ2) is 7.80. The molecule has 0 saturated heterocycles. The van der Waals surface area contributed by atoms with Crippen molar-refractivity contribution in [2.24, 2.45) is 0 Å². The minimum atomic E-state index is -3.77. The number of hydrogen-bond acceptors (Lipinski definition) is 6. The minimum Gasteiger partial charge on any atom is -0.369 e. The molecule has 0 spiro atoms. The first-order valence-electron chi connectivity index (χ1n) is 8.20. The van der Waals surface area contributed by atoms with Crippen molar-refractivity contribution in [2.45, 2.75) is 18.7 Å². The van der Waals surface area contributed by atoms with Crippen molar-refractivity contribution in [3.05, 3.63) is 60.2 Å². The quantitative estimate of drug-likeness (QED) is 0.597. The maximum atomic E-state index is 13.2. The molecular formula is C17H19FN6O2S. The monoisotopic (exact) mass is 390 g/mol. The molecule has 0 bridgehead atoms. The second-order valence-corrected chi connectivity index (χ2v) is 7.55. The lowest BCUT2D eigenvalue weighted by Crippen LogP contribution is -2.29. The third-order valence-electron chi connectivity index (χ3n) is 3.73.